The molecule has 0 atom stereocenters. The van der Waals surface area contributed by atoms with Crippen molar-refractivity contribution in [3.63, 3.8) is 0 Å². The van der Waals surface area contributed by atoms with Crippen LogP contribution in [0.25, 0.3) is 0 Å². The summed E-state index contributed by atoms with van der Waals surface area (Å²) in [5.41, 5.74) is -0.0689. The van der Waals surface area contributed by atoms with Gasteiger partial charge in [0.2, 0.25) is 0 Å². The minimum atomic E-state index is -1.08. The van der Waals surface area contributed by atoms with Gasteiger partial charge in [-0.15, -0.1) is 10.2 Å². The van der Waals surface area contributed by atoms with E-state index in [9.17, 15) is 14.4 Å². The van der Waals surface area contributed by atoms with Gasteiger partial charge in [-0.05, 0) is 5.56 Å². The van der Waals surface area contributed by atoms with E-state index >= 15 is 0 Å². The molecule has 1 amide bonds. The van der Waals surface area contributed by atoms with Crippen molar-refractivity contribution in [1.29, 1.82) is 0 Å². The Morgan fingerprint density at radius 2 is 1.96 bits per heavy atom. The fraction of sp³-hybridized carbons (Fsp3) is 0.214. The molecule has 1 heterocycles. The molecule has 24 heavy (non-hydrogen) atoms. The van der Waals surface area contributed by atoms with E-state index in [-0.39, 0.29) is 31.1 Å². The zero-order valence-electron chi connectivity index (χ0n) is 12.5. The number of nitrogens with one attached hydrogen (secondary N) is 1. The molecule has 0 saturated carbocycles. The summed E-state index contributed by atoms with van der Waals surface area (Å²) in [5.74, 6) is 4.14. The third kappa shape index (κ3) is 4.53. The van der Waals surface area contributed by atoms with E-state index in [0.717, 1.165) is 5.56 Å². The molecule has 0 unspecified atom stereocenters. The molecule has 2 rings (SSSR count). The molecule has 10 heteroatoms. The average Bonchev–Trinajstić information content (AvgIpc) is 2.57. The zero-order valence-corrected chi connectivity index (χ0v) is 12.5. The minimum absolute atomic E-state index is 0.0333. The van der Waals surface area contributed by atoms with Crippen LogP contribution in [0.15, 0.2) is 35.1 Å². The van der Waals surface area contributed by atoms with Crippen molar-refractivity contribution in [2.24, 2.45) is 0 Å². The number of carboxylic acid groups (broad SMARTS) is 1. The van der Waals surface area contributed by atoms with E-state index in [4.69, 9.17) is 15.7 Å². The van der Waals surface area contributed by atoms with Crippen LogP contribution < -0.4 is 16.7 Å². The molecule has 126 valence electrons. The maximum Gasteiger partial charge on any atom is 0.414 e. The first-order valence-corrected chi connectivity index (χ1v) is 6.90. The summed E-state index contributed by atoms with van der Waals surface area (Å²) in [4.78, 5) is 34.1. The van der Waals surface area contributed by atoms with Crippen molar-refractivity contribution in [1.82, 2.24) is 14.9 Å². The summed E-state index contributed by atoms with van der Waals surface area (Å²) in [6, 6.07) is 9.00. The fourth-order valence-corrected chi connectivity index (χ4v) is 1.75. The Balaban J connectivity index is 1.99. The number of nitrogens with zero attached hydrogens (tertiary/aromatic N) is 3. The largest absolute Gasteiger partial charge is 0.481 e. The topological polar surface area (TPSA) is 149 Å². The first-order chi connectivity index (χ1) is 11.5. The van der Waals surface area contributed by atoms with Crippen molar-refractivity contribution in [3.8, 4) is 0 Å². The molecule has 2 aromatic rings. The third-order valence-electron chi connectivity index (χ3n) is 2.96. The Morgan fingerprint density at radius 3 is 2.62 bits per heavy atom. The fourth-order valence-electron chi connectivity index (χ4n) is 1.75. The normalized spacial score (nSPS) is 10.2. The SMILES string of the molecule is Nn1c(NC(=O)OCc2ccccc2)nnc(CCC(=O)O)c1=O. The molecule has 0 saturated heterocycles. The number of aliphatic carboxylic acids is 1. The highest BCUT2D eigenvalue weighted by Gasteiger charge is 2.14. The van der Waals surface area contributed by atoms with Gasteiger partial charge in [0.25, 0.3) is 11.5 Å². The number of ether oxygens (including phenoxy) is 1. The van der Waals surface area contributed by atoms with Gasteiger partial charge in [-0.1, -0.05) is 30.3 Å². The standard InChI is InChI=1S/C14H15N5O5/c15-19-12(22)10(6-7-11(20)21)17-18-13(19)16-14(23)24-8-9-4-2-1-3-5-9/h1-5H,6-8,15H2,(H,20,21)(H,16,18,23). The third-order valence-corrected chi connectivity index (χ3v) is 2.96. The van der Waals surface area contributed by atoms with E-state index in [1.54, 1.807) is 24.3 Å². The molecule has 0 aliphatic heterocycles. The van der Waals surface area contributed by atoms with Crippen LogP contribution in [0, 0.1) is 0 Å². The molecule has 0 aliphatic carbocycles. The highest BCUT2D eigenvalue weighted by molar-refractivity contribution is 5.82. The van der Waals surface area contributed by atoms with Crippen molar-refractivity contribution in [2.75, 3.05) is 11.2 Å². The molecule has 1 aromatic heterocycles. The van der Waals surface area contributed by atoms with Crippen molar-refractivity contribution in [3.05, 3.63) is 51.9 Å². The van der Waals surface area contributed by atoms with Gasteiger partial charge >= 0.3 is 12.1 Å². The highest BCUT2D eigenvalue weighted by atomic mass is 16.5. The number of amides is 1. The predicted octanol–water partition coefficient (Wildman–Crippen LogP) is 0.118. The smallest absolute Gasteiger partial charge is 0.414 e. The van der Waals surface area contributed by atoms with Gasteiger partial charge in [0.05, 0.1) is 6.42 Å². The van der Waals surface area contributed by atoms with Gasteiger partial charge < -0.3 is 15.7 Å². The number of carbonyl (C=O) groups excluding carboxylic acids is 1. The van der Waals surface area contributed by atoms with Crippen molar-refractivity contribution < 1.29 is 19.4 Å². The molecule has 0 radical (unpaired) electrons. The maximum absolute atomic E-state index is 11.9. The van der Waals surface area contributed by atoms with Crippen LogP contribution in [0.1, 0.15) is 17.7 Å². The molecule has 0 bridgehead atoms. The monoisotopic (exact) mass is 333 g/mol. The summed E-state index contributed by atoms with van der Waals surface area (Å²) >= 11 is 0. The predicted molar refractivity (Wildman–Crippen MR) is 82.6 cm³/mol. The Bertz CT molecular complexity index is 790. The number of rotatable bonds is 6. The van der Waals surface area contributed by atoms with Crippen LogP contribution in [0.3, 0.4) is 0 Å². The van der Waals surface area contributed by atoms with E-state index in [1.807, 2.05) is 6.07 Å². The second-order valence-corrected chi connectivity index (χ2v) is 4.73. The number of anilines is 1. The zero-order chi connectivity index (χ0) is 17.5. The van der Waals surface area contributed by atoms with Crippen molar-refractivity contribution >= 4 is 18.0 Å². The Hall–Kier alpha value is -3.43. The van der Waals surface area contributed by atoms with Crippen LogP contribution in [-0.2, 0) is 22.6 Å². The first kappa shape index (κ1) is 16.9. The van der Waals surface area contributed by atoms with Crippen LogP contribution in [-0.4, -0.2) is 32.0 Å². The van der Waals surface area contributed by atoms with Gasteiger partial charge in [0.15, 0.2) is 0 Å². The Labute approximate surface area is 135 Å². The van der Waals surface area contributed by atoms with Crippen LogP contribution >= 0.6 is 0 Å². The quantitative estimate of drug-likeness (QED) is 0.631. The molecule has 0 fully saturated rings. The van der Waals surface area contributed by atoms with E-state index < -0.39 is 17.6 Å². The van der Waals surface area contributed by atoms with Gasteiger partial charge in [0.1, 0.15) is 12.3 Å². The number of hydrogen-bond donors (Lipinski definition) is 3. The number of nitrogen functional groups attached to an aromatic ring is 1. The second kappa shape index (κ2) is 7.72. The molecular formula is C14H15N5O5. The Kier molecular flexibility index (Phi) is 5.45. The molecule has 4 N–H and O–H groups in total. The lowest BCUT2D eigenvalue weighted by atomic mass is 10.2. The molecule has 10 nitrogen and oxygen atoms in total. The maximum atomic E-state index is 11.9. The van der Waals surface area contributed by atoms with Gasteiger partial charge in [-0.2, -0.15) is 4.68 Å². The van der Waals surface area contributed by atoms with E-state index in [0.29, 0.717) is 4.68 Å². The summed E-state index contributed by atoms with van der Waals surface area (Å²) in [7, 11) is 0. The molecule has 0 spiro atoms. The van der Waals surface area contributed by atoms with Crippen LogP contribution in [0.5, 0.6) is 0 Å². The lowest BCUT2D eigenvalue weighted by molar-refractivity contribution is -0.136. The number of nitrogens with two attached hydrogens (primary N) is 1. The Morgan fingerprint density at radius 1 is 1.25 bits per heavy atom. The van der Waals surface area contributed by atoms with Gasteiger partial charge in [-0.25, -0.2) is 4.79 Å². The number of aryl methyl sites for hydroxylation is 1. The first-order valence-electron chi connectivity index (χ1n) is 6.90. The van der Waals surface area contributed by atoms with E-state index in [1.165, 1.54) is 0 Å². The molecular weight excluding hydrogens is 318 g/mol. The summed E-state index contributed by atoms with van der Waals surface area (Å²) in [5, 5.41) is 18.0. The van der Waals surface area contributed by atoms with E-state index in [2.05, 4.69) is 15.5 Å². The summed E-state index contributed by atoms with van der Waals surface area (Å²) in [6.45, 7) is 0.0333. The van der Waals surface area contributed by atoms with Gasteiger partial charge in [0, 0.05) is 6.42 Å². The minimum Gasteiger partial charge on any atom is -0.481 e. The lowest BCUT2D eigenvalue weighted by Crippen LogP contribution is -2.35. The molecule has 1 aromatic carbocycles. The summed E-state index contributed by atoms with van der Waals surface area (Å²) < 4.78 is 5.55. The van der Waals surface area contributed by atoms with Crippen LogP contribution in [0.4, 0.5) is 10.7 Å². The van der Waals surface area contributed by atoms with Crippen LogP contribution in [0.2, 0.25) is 0 Å². The number of benzene rings is 1. The second-order valence-electron chi connectivity index (χ2n) is 4.73. The summed E-state index contributed by atoms with van der Waals surface area (Å²) in [6.07, 6.45) is -1.25. The van der Waals surface area contributed by atoms with Gasteiger partial charge in [-0.3, -0.25) is 14.9 Å². The lowest BCUT2D eigenvalue weighted by Gasteiger charge is -2.09. The number of carboxylic acids is 1. The molecule has 0 aliphatic rings. The highest BCUT2D eigenvalue weighted by Crippen LogP contribution is 2.03. The average molecular weight is 333 g/mol. The number of hydrogen-bond acceptors (Lipinski definition) is 7. The number of aromatic nitrogens is 3. The van der Waals surface area contributed by atoms with Crippen molar-refractivity contribution in [2.45, 2.75) is 19.4 Å². The number of carbonyl (C=O) groups is 2.